The van der Waals surface area contributed by atoms with Crippen LogP contribution in [-0.2, 0) is 4.74 Å². The van der Waals surface area contributed by atoms with E-state index in [1.807, 2.05) is 0 Å². The molecule has 0 radical (unpaired) electrons. The number of hydrogen-bond acceptors (Lipinski definition) is 11. The van der Waals surface area contributed by atoms with Gasteiger partial charge < -0.3 is 52.6 Å². The monoisotopic (exact) mass is 1010 g/mol. The molecule has 3 rings (SSSR count). The highest BCUT2D eigenvalue weighted by atomic mass is 19.3. The van der Waals surface area contributed by atoms with Gasteiger partial charge in [-0.25, -0.2) is 8.78 Å². The summed E-state index contributed by atoms with van der Waals surface area (Å²) in [5.74, 6) is -37.5. The number of rotatable bonds is 26. The third kappa shape index (κ3) is 16.0. The lowest BCUT2D eigenvalue weighted by molar-refractivity contribution is -0.254. The standard InChI is InChI=1S/C25H28F10N2O5.C14H16F7NO3/c1-12(42-22-16(30)13(27)20(14(28)17(22)31)38-8-6-36(2)3)25(34,35)10-40-21-15(29)18(32)23(41-11-26)24(19(21)33)39-9-7-37(4)5;1-22(2)4-6-23-12-8(16)10(18)13(11(19)9(12)17)24-7-14(20,21)25-5-3-15/h12H,6-11H2,1-5H3;3-7H2,1-2H3. The molecule has 67 heavy (non-hydrogen) atoms. The highest BCUT2D eigenvalue weighted by molar-refractivity contribution is 5.50. The Hall–Kier alpha value is -5.09. The molecule has 0 heterocycles. The van der Waals surface area contributed by atoms with E-state index in [-0.39, 0.29) is 39.5 Å². The van der Waals surface area contributed by atoms with Gasteiger partial charge in [0.25, 0.3) is 0 Å². The van der Waals surface area contributed by atoms with E-state index in [9.17, 15) is 74.6 Å². The maximum Gasteiger partial charge on any atom is 0.389 e. The lowest BCUT2D eigenvalue weighted by Gasteiger charge is -2.26. The fourth-order valence-corrected chi connectivity index (χ4v) is 4.63. The Kier molecular flexibility index (Phi) is 22.4. The van der Waals surface area contributed by atoms with Gasteiger partial charge in [0.1, 0.15) is 26.5 Å². The van der Waals surface area contributed by atoms with Gasteiger partial charge in [-0.15, -0.1) is 0 Å². The average Bonchev–Trinajstić information content (AvgIpc) is 3.25. The highest BCUT2D eigenvalue weighted by Crippen LogP contribution is 2.43. The van der Waals surface area contributed by atoms with Crippen molar-refractivity contribution in [3.63, 3.8) is 0 Å². The van der Waals surface area contributed by atoms with Crippen molar-refractivity contribution in [3.8, 4) is 40.2 Å². The Morgan fingerprint density at radius 2 is 0.716 bits per heavy atom. The first-order chi connectivity index (χ1) is 31.1. The second-order valence-electron chi connectivity index (χ2n) is 14.2. The van der Waals surface area contributed by atoms with E-state index >= 15 is 0 Å². The quantitative estimate of drug-likeness (QED) is 0.0574. The summed E-state index contributed by atoms with van der Waals surface area (Å²) < 4.78 is 272. The number of halogens is 17. The zero-order valence-corrected chi connectivity index (χ0v) is 36.4. The van der Waals surface area contributed by atoms with E-state index in [1.54, 1.807) is 52.1 Å². The van der Waals surface area contributed by atoms with E-state index in [1.165, 1.54) is 4.90 Å². The Morgan fingerprint density at radius 1 is 0.403 bits per heavy atom. The second-order valence-corrected chi connectivity index (χ2v) is 14.2. The summed E-state index contributed by atoms with van der Waals surface area (Å²) in [4.78, 5) is 4.66. The summed E-state index contributed by atoms with van der Waals surface area (Å²) in [7, 11) is 9.57. The maximum absolute atomic E-state index is 15.0. The normalized spacial score (nSPS) is 12.3. The number of likely N-dealkylation sites (N-methyl/N-ethyl adjacent to an activating group) is 3. The Morgan fingerprint density at radius 3 is 1.09 bits per heavy atom. The van der Waals surface area contributed by atoms with Gasteiger partial charge in [0.05, 0.1) is 6.61 Å². The van der Waals surface area contributed by atoms with E-state index in [0.717, 1.165) is 0 Å². The first kappa shape index (κ1) is 58.0. The highest BCUT2D eigenvalue weighted by Gasteiger charge is 2.43. The average molecular weight is 1010 g/mol. The van der Waals surface area contributed by atoms with Crippen LogP contribution in [0.5, 0.6) is 40.2 Å². The van der Waals surface area contributed by atoms with Crippen LogP contribution in [0.3, 0.4) is 0 Å². The first-order valence-corrected chi connectivity index (χ1v) is 19.0. The van der Waals surface area contributed by atoms with Crippen LogP contribution in [0.25, 0.3) is 0 Å². The third-order valence-corrected chi connectivity index (χ3v) is 8.19. The van der Waals surface area contributed by atoms with E-state index in [0.29, 0.717) is 6.92 Å². The molecule has 0 aliphatic carbocycles. The SMILES string of the molecule is CC(Oc1c(F)c(F)c(OCCN(C)C)c(F)c1F)C(F)(F)COc1c(F)c(F)c(OCF)c(OCCN(C)C)c1F.CN(C)CCOc1c(F)c(F)c(OCC(F)(F)OCCF)c(F)c1F. The van der Waals surface area contributed by atoms with Crippen molar-refractivity contribution in [2.24, 2.45) is 0 Å². The van der Waals surface area contributed by atoms with Crippen LogP contribution >= 0.6 is 0 Å². The number of alkyl halides is 6. The summed E-state index contributed by atoms with van der Waals surface area (Å²) in [6.07, 6.45) is -6.75. The van der Waals surface area contributed by atoms with Gasteiger partial charge in [-0.2, -0.15) is 65.9 Å². The zero-order chi connectivity index (χ0) is 51.1. The van der Waals surface area contributed by atoms with E-state index in [2.05, 4.69) is 28.4 Å². The van der Waals surface area contributed by atoms with Crippen LogP contribution in [0.4, 0.5) is 74.6 Å². The molecule has 28 heteroatoms. The van der Waals surface area contributed by atoms with Crippen LogP contribution in [0.2, 0.25) is 0 Å². The largest absolute Gasteiger partial charge is 0.486 e. The summed E-state index contributed by atoms with van der Waals surface area (Å²) in [6.45, 7) is -7.87. The molecule has 3 aromatic carbocycles. The molecule has 0 fully saturated rings. The Balaban J connectivity index is 0.000000525. The van der Waals surface area contributed by atoms with Crippen molar-refractivity contribution in [2.75, 3.05) is 115 Å². The number of benzene rings is 3. The van der Waals surface area contributed by atoms with Crippen LogP contribution < -0.4 is 33.2 Å². The van der Waals surface area contributed by atoms with Crippen LogP contribution in [0.15, 0.2) is 0 Å². The summed E-state index contributed by atoms with van der Waals surface area (Å²) in [5, 5.41) is 0. The molecule has 0 amide bonds. The molecule has 0 spiro atoms. The van der Waals surface area contributed by atoms with E-state index in [4.69, 9.17) is 9.47 Å². The minimum absolute atomic E-state index is 0.101. The number of hydrogen-bond donors (Lipinski definition) is 0. The van der Waals surface area contributed by atoms with Crippen molar-refractivity contribution in [1.82, 2.24) is 14.7 Å². The molecule has 0 aliphatic rings. The van der Waals surface area contributed by atoms with Gasteiger partial charge >= 0.3 is 12.0 Å². The third-order valence-electron chi connectivity index (χ3n) is 8.19. The molecule has 382 valence electrons. The Labute approximate surface area is 371 Å². The van der Waals surface area contributed by atoms with Crippen molar-refractivity contribution in [1.29, 1.82) is 0 Å². The van der Waals surface area contributed by atoms with Gasteiger partial charge in [-0.3, -0.25) is 0 Å². The predicted molar refractivity (Wildman–Crippen MR) is 201 cm³/mol. The molecule has 0 aliphatic heterocycles. The molecule has 1 atom stereocenters. The summed E-state index contributed by atoms with van der Waals surface area (Å²) in [5.41, 5.74) is 0. The fraction of sp³-hybridized carbons (Fsp3) is 0.538. The van der Waals surface area contributed by atoms with Crippen LogP contribution in [-0.4, -0.2) is 148 Å². The zero-order valence-electron chi connectivity index (χ0n) is 36.4. The second kappa shape index (κ2) is 25.9. The minimum Gasteiger partial charge on any atom is -0.486 e. The fourth-order valence-electron chi connectivity index (χ4n) is 4.63. The summed E-state index contributed by atoms with van der Waals surface area (Å²) >= 11 is 0. The van der Waals surface area contributed by atoms with Gasteiger partial charge in [0, 0.05) is 19.6 Å². The van der Waals surface area contributed by atoms with Crippen molar-refractivity contribution in [2.45, 2.75) is 25.1 Å². The minimum atomic E-state index is -4.37. The van der Waals surface area contributed by atoms with Crippen LogP contribution in [0.1, 0.15) is 6.92 Å². The van der Waals surface area contributed by atoms with Crippen molar-refractivity contribution < 1.29 is 113 Å². The molecule has 0 bridgehead atoms. The van der Waals surface area contributed by atoms with Gasteiger partial charge in [-0.1, -0.05) is 0 Å². The molecule has 3 aromatic rings. The smallest absolute Gasteiger partial charge is 0.389 e. The van der Waals surface area contributed by atoms with Crippen molar-refractivity contribution >= 4 is 0 Å². The molecular formula is C39H44F17N3O8. The molecular weight excluding hydrogens is 961 g/mol. The predicted octanol–water partition coefficient (Wildman–Crippen LogP) is 8.47. The molecule has 11 nitrogen and oxygen atoms in total. The lowest BCUT2D eigenvalue weighted by Crippen LogP contribution is -2.41. The lowest BCUT2D eigenvalue weighted by atomic mass is 10.2. The summed E-state index contributed by atoms with van der Waals surface area (Å²) in [6, 6.07) is 0. The topological polar surface area (TPSA) is 83.6 Å². The maximum atomic E-state index is 15.0. The molecule has 0 saturated carbocycles. The van der Waals surface area contributed by atoms with Crippen molar-refractivity contribution in [3.05, 3.63) is 64.0 Å². The van der Waals surface area contributed by atoms with Gasteiger partial charge in [0.2, 0.25) is 82.3 Å². The first-order valence-electron chi connectivity index (χ1n) is 19.0. The number of nitrogens with zero attached hydrogens (tertiary/aromatic N) is 3. The van der Waals surface area contributed by atoms with Crippen LogP contribution in [0, 0.1) is 64.0 Å². The molecule has 0 N–H and O–H groups in total. The number of ether oxygens (including phenoxy) is 8. The van der Waals surface area contributed by atoms with Gasteiger partial charge in [0.15, 0.2) is 48.1 Å². The van der Waals surface area contributed by atoms with Gasteiger partial charge in [-0.05, 0) is 49.2 Å². The van der Waals surface area contributed by atoms with E-state index < -0.39 is 156 Å². The molecule has 0 aromatic heterocycles. The Bertz CT molecular complexity index is 2030. The molecule has 1 unspecified atom stereocenters. The molecule has 0 saturated heterocycles.